The van der Waals surface area contributed by atoms with Crippen LogP contribution in [0.1, 0.15) is 19.8 Å². The first-order chi connectivity index (χ1) is 6.64. The van der Waals surface area contributed by atoms with Crippen LogP contribution < -0.4 is 5.73 Å². The molecule has 2 N–H and O–H groups in total. The quantitative estimate of drug-likeness (QED) is 0.662. The van der Waals surface area contributed by atoms with E-state index >= 15 is 0 Å². The predicted octanol–water partition coefficient (Wildman–Crippen LogP) is 0.220. The largest absolute Gasteiger partial charge is 0.466 e. The molecule has 4 nitrogen and oxygen atoms in total. The molecule has 1 heterocycles. The van der Waals surface area contributed by atoms with Crippen LogP contribution in [0, 0.1) is 5.41 Å². The van der Waals surface area contributed by atoms with Gasteiger partial charge >= 0.3 is 5.97 Å². The fourth-order valence-corrected chi connectivity index (χ4v) is 1.82. The Morgan fingerprint density at radius 2 is 2.07 bits per heavy atom. The van der Waals surface area contributed by atoms with Crippen LogP contribution in [0.5, 0.6) is 0 Å². The van der Waals surface area contributed by atoms with Gasteiger partial charge in [-0.05, 0) is 39.9 Å². The molecule has 1 aliphatic heterocycles. The number of ether oxygens (including phenoxy) is 1. The average Bonchev–Trinajstić information content (AvgIpc) is 2.20. The molecule has 1 fully saturated rings. The van der Waals surface area contributed by atoms with Gasteiger partial charge in [0, 0.05) is 6.54 Å². The van der Waals surface area contributed by atoms with Crippen molar-refractivity contribution in [3.05, 3.63) is 0 Å². The second-order valence-electron chi connectivity index (χ2n) is 4.01. The first-order valence-corrected chi connectivity index (χ1v) is 5.20. The summed E-state index contributed by atoms with van der Waals surface area (Å²) >= 11 is 0. The summed E-state index contributed by atoms with van der Waals surface area (Å²) in [5, 5.41) is 0. The Morgan fingerprint density at radius 1 is 1.50 bits per heavy atom. The topological polar surface area (TPSA) is 55.6 Å². The maximum absolute atomic E-state index is 11.7. The summed E-state index contributed by atoms with van der Waals surface area (Å²) in [7, 11) is 2.06. The first-order valence-electron chi connectivity index (χ1n) is 5.20. The molecule has 0 atom stereocenters. The highest BCUT2D eigenvalue weighted by Crippen LogP contribution is 2.31. The molecule has 0 aromatic carbocycles. The standard InChI is InChI=1S/C10H20N2O2/c1-3-14-9(13)10(8-11)4-6-12(2)7-5-10/h3-8,11H2,1-2H3. The van der Waals surface area contributed by atoms with Crippen molar-refractivity contribution in [2.24, 2.45) is 11.1 Å². The average molecular weight is 200 g/mol. The van der Waals surface area contributed by atoms with E-state index in [-0.39, 0.29) is 5.97 Å². The number of piperidine rings is 1. The van der Waals surface area contributed by atoms with Crippen LogP contribution in [0.2, 0.25) is 0 Å². The fraction of sp³-hybridized carbons (Fsp3) is 0.900. The zero-order valence-electron chi connectivity index (χ0n) is 9.08. The van der Waals surface area contributed by atoms with Gasteiger partial charge < -0.3 is 15.4 Å². The van der Waals surface area contributed by atoms with E-state index in [1.165, 1.54) is 0 Å². The number of carbonyl (C=O) groups is 1. The van der Waals surface area contributed by atoms with Gasteiger partial charge in [-0.2, -0.15) is 0 Å². The van der Waals surface area contributed by atoms with Crippen LogP contribution >= 0.6 is 0 Å². The number of esters is 1. The van der Waals surface area contributed by atoms with Crippen LogP contribution in [-0.4, -0.2) is 44.2 Å². The molecule has 0 bridgehead atoms. The van der Waals surface area contributed by atoms with Gasteiger partial charge in [-0.3, -0.25) is 4.79 Å². The van der Waals surface area contributed by atoms with Crippen molar-refractivity contribution in [3.8, 4) is 0 Å². The lowest BCUT2D eigenvalue weighted by Gasteiger charge is -2.37. The summed E-state index contributed by atoms with van der Waals surface area (Å²) in [5.74, 6) is -0.115. The monoisotopic (exact) mass is 200 g/mol. The van der Waals surface area contributed by atoms with E-state index in [2.05, 4.69) is 11.9 Å². The summed E-state index contributed by atoms with van der Waals surface area (Å²) in [6.07, 6.45) is 1.64. The first kappa shape index (κ1) is 11.5. The summed E-state index contributed by atoms with van der Waals surface area (Å²) in [4.78, 5) is 14.0. The van der Waals surface area contributed by atoms with E-state index in [0.717, 1.165) is 25.9 Å². The molecule has 82 valence electrons. The minimum atomic E-state index is -0.414. The van der Waals surface area contributed by atoms with Crippen molar-refractivity contribution >= 4 is 5.97 Å². The van der Waals surface area contributed by atoms with Crippen molar-refractivity contribution in [2.45, 2.75) is 19.8 Å². The highest BCUT2D eigenvalue weighted by molar-refractivity contribution is 5.77. The molecule has 0 saturated carbocycles. The molecule has 0 amide bonds. The van der Waals surface area contributed by atoms with E-state index in [0.29, 0.717) is 13.2 Å². The van der Waals surface area contributed by atoms with Gasteiger partial charge in [0.2, 0.25) is 0 Å². The van der Waals surface area contributed by atoms with Gasteiger partial charge in [-0.1, -0.05) is 0 Å². The predicted molar refractivity (Wildman–Crippen MR) is 54.9 cm³/mol. The highest BCUT2D eigenvalue weighted by atomic mass is 16.5. The Bertz CT molecular complexity index is 198. The number of rotatable bonds is 3. The van der Waals surface area contributed by atoms with Gasteiger partial charge in [-0.15, -0.1) is 0 Å². The Labute approximate surface area is 85.4 Å². The van der Waals surface area contributed by atoms with Crippen molar-refractivity contribution in [3.63, 3.8) is 0 Å². The van der Waals surface area contributed by atoms with Crippen LogP contribution in [0.15, 0.2) is 0 Å². The summed E-state index contributed by atoms with van der Waals surface area (Å²) in [6, 6.07) is 0. The fourth-order valence-electron chi connectivity index (χ4n) is 1.82. The zero-order chi connectivity index (χ0) is 10.6. The maximum Gasteiger partial charge on any atom is 0.313 e. The lowest BCUT2D eigenvalue weighted by Crippen LogP contribution is -2.48. The molecule has 14 heavy (non-hydrogen) atoms. The number of hydrogen-bond donors (Lipinski definition) is 1. The molecule has 1 aliphatic rings. The summed E-state index contributed by atoms with van der Waals surface area (Å²) in [5.41, 5.74) is 5.28. The molecule has 0 radical (unpaired) electrons. The lowest BCUT2D eigenvalue weighted by molar-refractivity contribution is -0.157. The van der Waals surface area contributed by atoms with E-state index in [4.69, 9.17) is 10.5 Å². The Balaban J connectivity index is 2.62. The molecule has 0 aliphatic carbocycles. The molecule has 0 aromatic rings. The molecular weight excluding hydrogens is 180 g/mol. The number of likely N-dealkylation sites (tertiary alicyclic amines) is 1. The molecule has 0 spiro atoms. The number of nitrogens with two attached hydrogens (primary N) is 1. The maximum atomic E-state index is 11.7. The van der Waals surface area contributed by atoms with Gasteiger partial charge in [-0.25, -0.2) is 0 Å². The number of carbonyl (C=O) groups excluding carboxylic acids is 1. The van der Waals surface area contributed by atoms with Crippen molar-refractivity contribution in [1.82, 2.24) is 4.90 Å². The van der Waals surface area contributed by atoms with Gasteiger partial charge in [0.25, 0.3) is 0 Å². The van der Waals surface area contributed by atoms with E-state index in [9.17, 15) is 4.79 Å². The normalized spacial score (nSPS) is 21.9. The van der Waals surface area contributed by atoms with Crippen LogP contribution in [-0.2, 0) is 9.53 Å². The van der Waals surface area contributed by atoms with Gasteiger partial charge in [0.05, 0.1) is 12.0 Å². The van der Waals surface area contributed by atoms with E-state index in [1.807, 2.05) is 6.92 Å². The van der Waals surface area contributed by atoms with Gasteiger partial charge in [0.15, 0.2) is 0 Å². The third kappa shape index (κ3) is 2.25. The highest BCUT2D eigenvalue weighted by Gasteiger charge is 2.40. The van der Waals surface area contributed by atoms with E-state index in [1.54, 1.807) is 0 Å². The number of nitrogens with zero attached hydrogens (tertiary/aromatic N) is 1. The molecule has 0 aromatic heterocycles. The van der Waals surface area contributed by atoms with Crippen molar-refractivity contribution < 1.29 is 9.53 Å². The third-order valence-corrected chi connectivity index (χ3v) is 3.04. The second kappa shape index (κ2) is 4.75. The Morgan fingerprint density at radius 3 is 2.50 bits per heavy atom. The Kier molecular flexibility index (Phi) is 3.89. The minimum Gasteiger partial charge on any atom is -0.466 e. The Hall–Kier alpha value is -0.610. The SMILES string of the molecule is CCOC(=O)C1(CN)CCN(C)CC1. The van der Waals surface area contributed by atoms with Crippen LogP contribution in [0.4, 0.5) is 0 Å². The second-order valence-corrected chi connectivity index (χ2v) is 4.01. The third-order valence-electron chi connectivity index (χ3n) is 3.04. The molecule has 0 unspecified atom stereocenters. The van der Waals surface area contributed by atoms with Crippen LogP contribution in [0.25, 0.3) is 0 Å². The van der Waals surface area contributed by atoms with Crippen molar-refractivity contribution in [1.29, 1.82) is 0 Å². The summed E-state index contributed by atoms with van der Waals surface area (Å²) in [6.45, 7) is 4.53. The summed E-state index contributed by atoms with van der Waals surface area (Å²) < 4.78 is 5.07. The lowest BCUT2D eigenvalue weighted by atomic mass is 9.78. The molecule has 4 heteroatoms. The molecule has 1 saturated heterocycles. The van der Waals surface area contributed by atoms with Crippen LogP contribution in [0.3, 0.4) is 0 Å². The smallest absolute Gasteiger partial charge is 0.313 e. The van der Waals surface area contributed by atoms with Crippen molar-refractivity contribution in [2.75, 3.05) is 33.3 Å². The number of hydrogen-bond acceptors (Lipinski definition) is 4. The van der Waals surface area contributed by atoms with Gasteiger partial charge in [0.1, 0.15) is 0 Å². The van der Waals surface area contributed by atoms with E-state index < -0.39 is 5.41 Å². The minimum absolute atomic E-state index is 0.115. The molecular formula is C10H20N2O2. The zero-order valence-corrected chi connectivity index (χ0v) is 9.08. The molecule has 1 rings (SSSR count).